The molecule has 3 heteroatoms. The van der Waals surface area contributed by atoms with Gasteiger partial charge in [-0.3, -0.25) is 4.79 Å². The topological polar surface area (TPSA) is 30.2 Å². The van der Waals surface area contributed by atoms with Gasteiger partial charge in [0, 0.05) is 10.4 Å². The van der Waals surface area contributed by atoms with Gasteiger partial charge in [0.2, 0.25) is 5.43 Å². The molecule has 2 aromatic carbocycles. The van der Waals surface area contributed by atoms with Crippen molar-refractivity contribution in [3.8, 4) is 0 Å². The zero-order valence-electron chi connectivity index (χ0n) is 11.8. The fourth-order valence-electron chi connectivity index (χ4n) is 2.54. The van der Waals surface area contributed by atoms with E-state index in [0.717, 1.165) is 10.8 Å². The Balaban J connectivity index is 2.49. The van der Waals surface area contributed by atoms with Gasteiger partial charge in [-0.05, 0) is 29.2 Å². The molecule has 0 aliphatic heterocycles. The fourth-order valence-corrected chi connectivity index (χ4v) is 2.77. The second-order valence-corrected chi connectivity index (χ2v) is 5.22. The lowest BCUT2D eigenvalue weighted by Gasteiger charge is -2.07. The summed E-state index contributed by atoms with van der Waals surface area (Å²) < 4.78 is 5.63. The molecule has 0 unspecified atom stereocenters. The summed E-state index contributed by atoms with van der Waals surface area (Å²) >= 11 is 6.22. The smallest absolute Gasteiger partial charge is 0.201 e. The fraction of sp³-hybridized carbons (Fsp3) is 0. The normalized spacial score (nSPS) is 11.8. The first-order valence-electron chi connectivity index (χ1n) is 6.75. The molecule has 0 saturated carbocycles. The zero-order chi connectivity index (χ0) is 15.7. The van der Waals surface area contributed by atoms with Crippen molar-refractivity contribution in [2.24, 2.45) is 0 Å². The summed E-state index contributed by atoms with van der Waals surface area (Å²) in [5.74, 6) is 0. The van der Waals surface area contributed by atoms with E-state index in [9.17, 15) is 4.79 Å². The van der Waals surface area contributed by atoms with Gasteiger partial charge in [-0.25, -0.2) is 0 Å². The molecule has 3 aromatic rings. The van der Waals surface area contributed by atoms with Gasteiger partial charge in [0.25, 0.3) is 0 Å². The third-order valence-electron chi connectivity index (χ3n) is 3.57. The Hall–Kier alpha value is -2.58. The van der Waals surface area contributed by atoms with Crippen LogP contribution in [0.5, 0.6) is 0 Å². The standard InChI is InChI=1S/C19H13ClO2/c1-3-6-12(4-2)15-11-22-17-10-9-13-14(18(17)19(15)21)7-5-8-16(13)20/h3-11H,1-2H2/b12-6+. The molecule has 1 aromatic heterocycles. The highest BCUT2D eigenvalue weighted by atomic mass is 35.5. The second-order valence-electron chi connectivity index (χ2n) is 4.81. The molecular weight excluding hydrogens is 296 g/mol. The van der Waals surface area contributed by atoms with Crippen LogP contribution in [0.4, 0.5) is 0 Å². The SMILES string of the molecule is C=C/C=C(\C=C)c1coc2ccc3c(Cl)cccc3c2c1=O. The van der Waals surface area contributed by atoms with Crippen LogP contribution in [-0.2, 0) is 0 Å². The van der Waals surface area contributed by atoms with Crippen molar-refractivity contribution in [1.29, 1.82) is 0 Å². The Morgan fingerprint density at radius 2 is 1.95 bits per heavy atom. The van der Waals surface area contributed by atoms with Gasteiger partial charge in [-0.1, -0.05) is 55.1 Å². The van der Waals surface area contributed by atoms with E-state index in [-0.39, 0.29) is 5.43 Å². The van der Waals surface area contributed by atoms with E-state index in [1.54, 1.807) is 30.4 Å². The monoisotopic (exact) mass is 308 g/mol. The highest BCUT2D eigenvalue weighted by molar-refractivity contribution is 6.36. The number of hydrogen-bond donors (Lipinski definition) is 0. The minimum Gasteiger partial charge on any atom is -0.463 e. The van der Waals surface area contributed by atoms with E-state index in [0.29, 0.717) is 27.1 Å². The van der Waals surface area contributed by atoms with E-state index in [1.807, 2.05) is 18.2 Å². The Morgan fingerprint density at radius 3 is 2.68 bits per heavy atom. The minimum atomic E-state index is -0.109. The first-order chi connectivity index (χ1) is 10.7. The molecule has 0 saturated heterocycles. The minimum absolute atomic E-state index is 0.109. The molecule has 0 radical (unpaired) electrons. The maximum absolute atomic E-state index is 12.9. The molecule has 0 aliphatic rings. The third-order valence-corrected chi connectivity index (χ3v) is 3.90. The van der Waals surface area contributed by atoms with Gasteiger partial charge in [0.05, 0.1) is 10.9 Å². The summed E-state index contributed by atoms with van der Waals surface area (Å²) in [6.07, 6.45) is 6.40. The van der Waals surface area contributed by atoms with Gasteiger partial charge in [-0.2, -0.15) is 0 Å². The Kier molecular flexibility index (Phi) is 3.70. The van der Waals surface area contributed by atoms with E-state index in [1.165, 1.54) is 6.26 Å². The lowest BCUT2D eigenvalue weighted by molar-refractivity contribution is 0.601. The predicted molar refractivity (Wildman–Crippen MR) is 93.4 cm³/mol. The number of allylic oxidation sites excluding steroid dienone is 4. The first-order valence-corrected chi connectivity index (χ1v) is 7.13. The van der Waals surface area contributed by atoms with E-state index in [4.69, 9.17) is 16.0 Å². The quantitative estimate of drug-likeness (QED) is 0.482. The van der Waals surface area contributed by atoms with Crippen LogP contribution in [0.15, 0.2) is 77.2 Å². The lowest BCUT2D eigenvalue weighted by atomic mass is 10.0. The van der Waals surface area contributed by atoms with Crippen molar-refractivity contribution in [2.75, 3.05) is 0 Å². The maximum Gasteiger partial charge on any atom is 0.201 e. The third kappa shape index (κ3) is 2.18. The molecule has 0 N–H and O–H groups in total. The maximum atomic E-state index is 12.9. The molecule has 0 fully saturated rings. The average Bonchev–Trinajstić information content (AvgIpc) is 2.53. The summed E-state index contributed by atoms with van der Waals surface area (Å²) in [6, 6.07) is 9.11. The second kappa shape index (κ2) is 5.66. The molecule has 0 atom stereocenters. The molecule has 2 nitrogen and oxygen atoms in total. The van der Waals surface area contributed by atoms with Crippen molar-refractivity contribution in [3.05, 3.63) is 88.8 Å². The number of fused-ring (bicyclic) bond motifs is 3. The van der Waals surface area contributed by atoms with Crippen molar-refractivity contribution in [3.63, 3.8) is 0 Å². The number of halogens is 1. The molecule has 0 bridgehead atoms. The molecular formula is C19H13ClO2. The summed E-state index contributed by atoms with van der Waals surface area (Å²) in [6.45, 7) is 7.39. The van der Waals surface area contributed by atoms with Crippen molar-refractivity contribution in [1.82, 2.24) is 0 Å². The predicted octanol–water partition coefficient (Wildman–Crippen LogP) is 5.36. The summed E-state index contributed by atoms with van der Waals surface area (Å²) in [5, 5.41) is 2.74. The summed E-state index contributed by atoms with van der Waals surface area (Å²) in [5.41, 5.74) is 1.55. The van der Waals surface area contributed by atoms with Crippen LogP contribution in [0.1, 0.15) is 5.56 Å². The van der Waals surface area contributed by atoms with Crippen LogP contribution >= 0.6 is 11.6 Å². The highest BCUT2D eigenvalue weighted by Crippen LogP contribution is 2.29. The van der Waals surface area contributed by atoms with Gasteiger partial charge >= 0.3 is 0 Å². The summed E-state index contributed by atoms with van der Waals surface area (Å²) in [4.78, 5) is 12.9. The number of hydrogen-bond acceptors (Lipinski definition) is 2. The van der Waals surface area contributed by atoms with Crippen LogP contribution in [0, 0.1) is 0 Å². The summed E-state index contributed by atoms with van der Waals surface area (Å²) in [7, 11) is 0. The Labute approximate surface area is 132 Å². The van der Waals surface area contributed by atoms with Crippen LogP contribution < -0.4 is 5.43 Å². The molecule has 1 heterocycles. The molecule has 0 amide bonds. The highest BCUT2D eigenvalue weighted by Gasteiger charge is 2.13. The van der Waals surface area contributed by atoms with Crippen LogP contribution in [0.2, 0.25) is 5.02 Å². The first kappa shape index (κ1) is 14.4. The zero-order valence-corrected chi connectivity index (χ0v) is 12.6. The van der Waals surface area contributed by atoms with Gasteiger partial charge in [0.15, 0.2) is 0 Å². The Bertz CT molecular complexity index is 993. The van der Waals surface area contributed by atoms with Crippen LogP contribution in [0.3, 0.4) is 0 Å². The molecule has 108 valence electrons. The van der Waals surface area contributed by atoms with Crippen molar-refractivity contribution >= 4 is 38.9 Å². The molecule has 3 rings (SSSR count). The van der Waals surface area contributed by atoms with E-state index in [2.05, 4.69) is 13.2 Å². The van der Waals surface area contributed by atoms with Gasteiger partial charge in [0.1, 0.15) is 11.8 Å². The molecule has 0 aliphatic carbocycles. The largest absolute Gasteiger partial charge is 0.463 e. The average molecular weight is 309 g/mol. The van der Waals surface area contributed by atoms with Gasteiger partial charge in [-0.15, -0.1) is 0 Å². The number of rotatable bonds is 3. The Morgan fingerprint density at radius 1 is 1.14 bits per heavy atom. The molecule has 22 heavy (non-hydrogen) atoms. The van der Waals surface area contributed by atoms with E-state index < -0.39 is 0 Å². The van der Waals surface area contributed by atoms with Crippen LogP contribution in [-0.4, -0.2) is 0 Å². The van der Waals surface area contributed by atoms with Gasteiger partial charge < -0.3 is 4.42 Å². The lowest BCUT2D eigenvalue weighted by Crippen LogP contribution is -2.08. The number of benzene rings is 2. The van der Waals surface area contributed by atoms with E-state index >= 15 is 0 Å². The molecule has 0 spiro atoms. The van der Waals surface area contributed by atoms with Crippen LogP contribution in [0.25, 0.3) is 27.3 Å². The van der Waals surface area contributed by atoms with Crippen molar-refractivity contribution in [2.45, 2.75) is 0 Å². The van der Waals surface area contributed by atoms with Crippen molar-refractivity contribution < 1.29 is 4.42 Å².